The summed E-state index contributed by atoms with van der Waals surface area (Å²) in [6.45, 7) is -0.382. The predicted octanol–water partition coefficient (Wildman–Crippen LogP) is 4.15. The maximum Gasteiger partial charge on any atom is 0.338 e. The van der Waals surface area contributed by atoms with E-state index in [9.17, 15) is 9.59 Å². The number of nitrogens with one attached hydrogen (secondary N) is 1. The van der Waals surface area contributed by atoms with E-state index < -0.39 is 11.9 Å². The zero-order valence-corrected chi connectivity index (χ0v) is 15.5. The number of ether oxygens (including phenoxy) is 1. The lowest BCUT2D eigenvalue weighted by atomic mass is 10.0. The van der Waals surface area contributed by atoms with Gasteiger partial charge in [-0.2, -0.15) is 8.75 Å². The Balaban J connectivity index is 1.36. The highest BCUT2D eigenvalue weighted by Gasteiger charge is 2.12. The summed E-state index contributed by atoms with van der Waals surface area (Å²) in [4.78, 5) is 24.3. The number of aromatic nitrogens is 2. The summed E-state index contributed by atoms with van der Waals surface area (Å²) >= 11 is 1.07. The molecule has 138 valence electrons. The van der Waals surface area contributed by atoms with E-state index in [2.05, 4.69) is 14.1 Å². The third-order valence-electron chi connectivity index (χ3n) is 4.12. The summed E-state index contributed by atoms with van der Waals surface area (Å²) in [5.41, 5.74) is 4.31. The zero-order valence-electron chi connectivity index (χ0n) is 14.7. The quantitative estimate of drug-likeness (QED) is 0.519. The summed E-state index contributed by atoms with van der Waals surface area (Å²) in [7, 11) is 0. The van der Waals surface area contributed by atoms with Crippen LogP contribution in [0, 0.1) is 0 Å². The van der Waals surface area contributed by atoms with Crippen LogP contribution in [0.15, 0.2) is 72.8 Å². The summed E-state index contributed by atoms with van der Waals surface area (Å²) < 4.78 is 13.4. The minimum atomic E-state index is -0.553. The molecule has 0 fully saturated rings. The molecule has 0 atom stereocenters. The van der Waals surface area contributed by atoms with Crippen molar-refractivity contribution in [1.29, 1.82) is 0 Å². The number of benzene rings is 3. The largest absolute Gasteiger partial charge is 0.452 e. The highest BCUT2D eigenvalue weighted by molar-refractivity contribution is 7.00. The van der Waals surface area contributed by atoms with Crippen LogP contribution < -0.4 is 5.32 Å². The first-order valence-corrected chi connectivity index (χ1v) is 9.27. The molecule has 0 bridgehead atoms. The van der Waals surface area contributed by atoms with Crippen LogP contribution in [0.2, 0.25) is 0 Å². The molecule has 0 saturated carbocycles. The van der Waals surface area contributed by atoms with Crippen molar-refractivity contribution < 1.29 is 14.3 Å². The Morgan fingerprint density at radius 2 is 1.61 bits per heavy atom. The average molecular weight is 389 g/mol. The topological polar surface area (TPSA) is 81.2 Å². The van der Waals surface area contributed by atoms with Gasteiger partial charge in [0.05, 0.1) is 23.0 Å². The summed E-state index contributed by atoms with van der Waals surface area (Å²) in [6.07, 6.45) is 0. The minimum Gasteiger partial charge on any atom is -0.452 e. The lowest BCUT2D eigenvalue weighted by Gasteiger charge is -2.07. The molecule has 1 N–H and O–H groups in total. The molecule has 0 aliphatic rings. The highest BCUT2D eigenvalue weighted by Crippen LogP contribution is 2.21. The molecule has 0 saturated heterocycles. The van der Waals surface area contributed by atoms with Gasteiger partial charge in [0.2, 0.25) is 0 Å². The van der Waals surface area contributed by atoms with Crippen molar-refractivity contribution in [3.8, 4) is 11.1 Å². The van der Waals surface area contributed by atoms with Gasteiger partial charge in [0.25, 0.3) is 5.91 Å². The Hall–Kier alpha value is -3.58. The fraction of sp³-hybridized carbons (Fsp3) is 0.0476. The molecule has 7 heteroatoms. The smallest absolute Gasteiger partial charge is 0.338 e. The molecular weight excluding hydrogens is 374 g/mol. The van der Waals surface area contributed by atoms with Gasteiger partial charge >= 0.3 is 5.97 Å². The van der Waals surface area contributed by atoms with Crippen LogP contribution in [0.4, 0.5) is 5.69 Å². The van der Waals surface area contributed by atoms with E-state index in [1.807, 2.05) is 48.5 Å². The third-order valence-corrected chi connectivity index (χ3v) is 4.66. The van der Waals surface area contributed by atoms with Crippen LogP contribution in [-0.2, 0) is 9.53 Å². The Labute approximate surface area is 165 Å². The number of hydrogen-bond donors (Lipinski definition) is 1. The highest BCUT2D eigenvalue weighted by atomic mass is 32.1. The number of carbonyl (C=O) groups excluding carboxylic acids is 2. The van der Waals surface area contributed by atoms with E-state index in [1.165, 1.54) is 0 Å². The van der Waals surface area contributed by atoms with E-state index in [0.717, 1.165) is 22.9 Å². The zero-order chi connectivity index (χ0) is 19.3. The first-order valence-electron chi connectivity index (χ1n) is 8.54. The number of anilines is 1. The van der Waals surface area contributed by atoms with Crippen LogP contribution in [0.25, 0.3) is 22.2 Å². The van der Waals surface area contributed by atoms with E-state index >= 15 is 0 Å². The molecule has 0 spiro atoms. The maximum atomic E-state index is 12.2. The second kappa shape index (κ2) is 7.98. The van der Waals surface area contributed by atoms with E-state index in [-0.39, 0.29) is 6.61 Å². The molecule has 3 aromatic carbocycles. The van der Waals surface area contributed by atoms with Crippen LogP contribution >= 0.6 is 11.7 Å². The number of rotatable bonds is 5. The van der Waals surface area contributed by atoms with Crippen LogP contribution in [0.1, 0.15) is 10.4 Å². The number of fused-ring (bicyclic) bond motifs is 1. The maximum absolute atomic E-state index is 12.2. The normalized spacial score (nSPS) is 10.6. The van der Waals surface area contributed by atoms with Gasteiger partial charge in [0, 0.05) is 0 Å². The fourth-order valence-electron chi connectivity index (χ4n) is 2.74. The van der Waals surface area contributed by atoms with Gasteiger partial charge in [-0.05, 0) is 35.4 Å². The number of amides is 1. The van der Waals surface area contributed by atoms with Crippen molar-refractivity contribution in [2.45, 2.75) is 0 Å². The second-order valence-electron chi connectivity index (χ2n) is 6.01. The van der Waals surface area contributed by atoms with E-state index in [1.54, 1.807) is 24.3 Å². The van der Waals surface area contributed by atoms with E-state index in [4.69, 9.17) is 4.74 Å². The summed E-state index contributed by atoms with van der Waals surface area (Å²) in [5, 5.41) is 2.70. The van der Waals surface area contributed by atoms with Gasteiger partial charge in [-0.1, -0.05) is 48.5 Å². The van der Waals surface area contributed by atoms with E-state index in [0.29, 0.717) is 22.3 Å². The van der Waals surface area contributed by atoms with Crippen LogP contribution in [-0.4, -0.2) is 27.2 Å². The number of hydrogen-bond acceptors (Lipinski definition) is 6. The van der Waals surface area contributed by atoms with Gasteiger partial charge in [-0.25, -0.2) is 4.79 Å². The molecule has 0 unspecified atom stereocenters. The Bertz CT molecular complexity index is 1120. The third kappa shape index (κ3) is 3.89. The monoisotopic (exact) mass is 389 g/mol. The minimum absolute atomic E-state index is 0.382. The lowest BCUT2D eigenvalue weighted by molar-refractivity contribution is -0.119. The van der Waals surface area contributed by atoms with Crippen molar-refractivity contribution in [3.63, 3.8) is 0 Å². The number of nitrogens with zero attached hydrogens (tertiary/aromatic N) is 2. The predicted molar refractivity (Wildman–Crippen MR) is 108 cm³/mol. The summed E-state index contributed by atoms with van der Waals surface area (Å²) in [5.74, 6) is -0.988. The lowest BCUT2D eigenvalue weighted by Crippen LogP contribution is -2.21. The molecule has 0 aliphatic carbocycles. The average Bonchev–Trinajstić information content (AvgIpc) is 3.23. The fourth-order valence-corrected chi connectivity index (χ4v) is 3.29. The molecule has 6 nitrogen and oxygen atoms in total. The molecular formula is C21H15N3O3S. The van der Waals surface area contributed by atoms with Gasteiger partial charge in [0.15, 0.2) is 6.61 Å². The molecule has 4 aromatic rings. The van der Waals surface area contributed by atoms with Crippen LogP contribution in [0.3, 0.4) is 0 Å². The first kappa shape index (κ1) is 17.8. The Kier molecular flexibility index (Phi) is 5.07. The Morgan fingerprint density at radius 3 is 2.39 bits per heavy atom. The molecule has 0 radical (unpaired) electrons. The van der Waals surface area contributed by atoms with Gasteiger partial charge in [0.1, 0.15) is 11.0 Å². The van der Waals surface area contributed by atoms with Crippen molar-refractivity contribution in [2.75, 3.05) is 11.9 Å². The van der Waals surface area contributed by atoms with Gasteiger partial charge in [-0.15, -0.1) is 0 Å². The molecule has 28 heavy (non-hydrogen) atoms. The molecule has 4 rings (SSSR count). The van der Waals surface area contributed by atoms with Gasteiger partial charge in [-0.3, -0.25) is 4.79 Å². The van der Waals surface area contributed by atoms with Crippen molar-refractivity contribution in [1.82, 2.24) is 8.75 Å². The first-order chi connectivity index (χ1) is 13.7. The molecule has 1 aromatic heterocycles. The molecule has 1 amide bonds. The summed E-state index contributed by atoms with van der Waals surface area (Å²) in [6, 6.07) is 22.2. The molecule has 1 heterocycles. The number of esters is 1. The standard InChI is InChI=1S/C21H15N3O3S/c25-19(22-17-7-4-8-18-20(17)24-28-23-18)13-27-21(26)16-11-9-15(10-12-16)14-5-2-1-3-6-14/h1-12H,13H2,(H,22,25). The Morgan fingerprint density at radius 1 is 0.857 bits per heavy atom. The van der Waals surface area contributed by atoms with Crippen molar-refractivity contribution in [2.24, 2.45) is 0 Å². The van der Waals surface area contributed by atoms with Crippen molar-refractivity contribution in [3.05, 3.63) is 78.4 Å². The van der Waals surface area contributed by atoms with Crippen LogP contribution in [0.5, 0.6) is 0 Å². The van der Waals surface area contributed by atoms with Crippen molar-refractivity contribution >= 4 is 40.3 Å². The SMILES string of the molecule is O=C(COC(=O)c1ccc(-c2ccccc2)cc1)Nc1cccc2nsnc12. The molecule has 0 aliphatic heterocycles. The number of carbonyl (C=O) groups is 2. The second-order valence-corrected chi connectivity index (χ2v) is 6.53. The van der Waals surface area contributed by atoms with Gasteiger partial charge < -0.3 is 10.1 Å².